The summed E-state index contributed by atoms with van der Waals surface area (Å²) in [4.78, 5) is 15.1. The molecule has 4 atom stereocenters. The largest absolute Gasteiger partial charge is 0.339 e. The van der Waals surface area contributed by atoms with Crippen molar-refractivity contribution in [3.05, 3.63) is 0 Å². The smallest absolute Gasteiger partial charge is 0.226 e. The number of nitrogens with zero attached hydrogens (tertiary/aromatic N) is 1. The fraction of sp³-hybridized carbons (Fsp3) is 0.938. The molecule has 1 aliphatic carbocycles. The third-order valence-corrected chi connectivity index (χ3v) is 5.41. The van der Waals surface area contributed by atoms with Crippen molar-refractivity contribution in [2.24, 2.45) is 23.5 Å². The van der Waals surface area contributed by atoms with E-state index in [2.05, 4.69) is 18.7 Å². The van der Waals surface area contributed by atoms with E-state index in [0.717, 1.165) is 19.4 Å². The van der Waals surface area contributed by atoms with E-state index in [9.17, 15) is 4.79 Å². The number of amides is 1. The van der Waals surface area contributed by atoms with Gasteiger partial charge in [-0.15, -0.1) is 12.4 Å². The molecule has 1 amide bonds. The number of carbonyl (C=O) groups excluding carboxylic acids is 1. The Bertz CT molecular complexity index is 311. The first-order chi connectivity index (χ1) is 9.19. The van der Waals surface area contributed by atoms with Gasteiger partial charge in [-0.3, -0.25) is 4.79 Å². The van der Waals surface area contributed by atoms with Crippen molar-refractivity contribution in [2.45, 2.75) is 64.8 Å². The normalized spacial score (nSPS) is 31.8. The zero-order chi connectivity index (χ0) is 13.8. The number of nitrogens with two attached hydrogens (primary N) is 1. The van der Waals surface area contributed by atoms with Gasteiger partial charge in [0, 0.05) is 18.5 Å². The summed E-state index contributed by atoms with van der Waals surface area (Å²) in [6.45, 7) is 6.19. The van der Waals surface area contributed by atoms with Crippen molar-refractivity contribution in [1.29, 1.82) is 0 Å². The van der Waals surface area contributed by atoms with Gasteiger partial charge >= 0.3 is 0 Å². The molecule has 20 heavy (non-hydrogen) atoms. The number of piperidine rings is 1. The molecule has 0 aromatic rings. The molecule has 0 aromatic carbocycles. The molecule has 2 fully saturated rings. The molecule has 118 valence electrons. The fourth-order valence-electron chi connectivity index (χ4n) is 3.95. The van der Waals surface area contributed by atoms with E-state index in [1.54, 1.807) is 0 Å². The number of rotatable bonds is 4. The molecule has 1 saturated heterocycles. The molecule has 0 spiro atoms. The monoisotopic (exact) mass is 302 g/mol. The van der Waals surface area contributed by atoms with Crippen LogP contribution in [0, 0.1) is 17.8 Å². The predicted octanol–water partition coefficient (Wildman–Crippen LogP) is 3.21. The van der Waals surface area contributed by atoms with Gasteiger partial charge in [0.15, 0.2) is 0 Å². The number of hydrogen-bond donors (Lipinski definition) is 1. The summed E-state index contributed by atoms with van der Waals surface area (Å²) >= 11 is 0. The predicted molar refractivity (Wildman–Crippen MR) is 85.9 cm³/mol. The van der Waals surface area contributed by atoms with Crippen LogP contribution in [0.4, 0.5) is 0 Å². The second-order valence-corrected chi connectivity index (χ2v) is 6.51. The topological polar surface area (TPSA) is 46.3 Å². The van der Waals surface area contributed by atoms with Crippen LogP contribution >= 0.6 is 12.4 Å². The SMILES string of the molecule is CCC(C)C1CCCCN1C(=O)[C@@H]1CCC[C@@H]1CN.Cl. The van der Waals surface area contributed by atoms with Crippen molar-refractivity contribution >= 4 is 18.3 Å². The standard InChI is InChI=1S/C16H30N2O.ClH/c1-3-12(2)15-9-4-5-10-18(15)16(19)14-8-6-7-13(14)11-17;/h12-15H,3-11,17H2,1-2H3;1H/t12?,13-,14-,15?;/m1./s1. The molecule has 2 unspecified atom stereocenters. The Morgan fingerprint density at radius 3 is 2.65 bits per heavy atom. The highest BCUT2D eigenvalue weighted by Gasteiger charge is 2.38. The van der Waals surface area contributed by atoms with E-state index in [1.165, 1.54) is 32.1 Å². The Morgan fingerprint density at radius 2 is 2.00 bits per heavy atom. The van der Waals surface area contributed by atoms with Crippen molar-refractivity contribution in [1.82, 2.24) is 4.90 Å². The van der Waals surface area contributed by atoms with E-state index >= 15 is 0 Å². The van der Waals surface area contributed by atoms with Crippen molar-refractivity contribution < 1.29 is 4.79 Å². The van der Waals surface area contributed by atoms with Gasteiger partial charge in [-0.05, 0) is 50.5 Å². The molecule has 4 heteroatoms. The lowest BCUT2D eigenvalue weighted by Crippen LogP contribution is -2.50. The van der Waals surface area contributed by atoms with Crippen LogP contribution in [-0.4, -0.2) is 29.9 Å². The van der Waals surface area contributed by atoms with Gasteiger partial charge in [0.25, 0.3) is 0 Å². The van der Waals surface area contributed by atoms with Crippen LogP contribution in [0.25, 0.3) is 0 Å². The maximum atomic E-state index is 12.9. The molecule has 1 aliphatic heterocycles. The van der Waals surface area contributed by atoms with Gasteiger partial charge in [-0.2, -0.15) is 0 Å². The second-order valence-electron chi connectivity index (χ2n) is 6.51. The molecule has 0 bridgehead atoms. The third-order valence-electron chi connectivity index (χ3n) is 5.41. The van der Waals surface area contributed by atoms with Gasteiger partial charge in [0.1, 0.15) is 0 Å². The van der Waals surface area contributed by atoms with Gasteiger partial charge in [-0.25, -0.2) is 0 Å². The first-order valence-corrected chi connectivity index (χ1v) is 8.19. The molecular weight excluding hydrogens is 272 g/mol. The number of likely N-dealkylation sites (tertiary alicyclic amines) is 1. The minimum atomic E-state index is 0. The maximum Gasteiger partial charge on any atom is 0.226 e. The summed E-state index contributed by atoms with van der Waals surface area (Å²) < 4.78 is 0. The van der Waals surface area contributed by atoms with Gasteiger partial charge in [-0.1, -0.05) is 26.7 Å². The quantitative estimate of drug-likeness (QED) is 0.867. The minimum Gasteiger partial charge on any atom is -0.339 e. The first kappa shape index (κ1) is 17.8. The van der Waals surface area contributed by atoms with Gasteiger partial charge < -0.3 is 10.6 Å². The average molecular weight is 303 g/mol. The molecule has 2 N–H and O–H groups in total. The molecule has 2 aliphatic rings. The van der Waals surface area contributed by atoms with E-state index in [-0.39, 0.29) is 18.3 Å². The Balaban J connectivity index is 0.00000200. The Kier molecular flexibility index (Phi) is 7.32. The van der Waals surface area contributed by atoms with Crippen LogP contribution in [-0.2, 0) is 4.79 Å². The second kappa shape index (κ2) is 8.23. The molecule has 0 aromatic heterocycles. The van der Waals surface area contributed by atoms with E-state index in [0.29, 0.717) is 30.3 Å². The summed E-state index contributed by atoms with van der Waals surface area (Å²) in [5.41, 5.74) is 5.84. The van der Waals surface area contributed by atoms with Crippen LogP contribution in [0.5, 0.6) is 0 Å². The van der Waals surface area contributed by atoms with Crippen LogP contribution in [0.3, 0.4) is 0 Å². The summed E-state index contributed by atoms with van der Waals surface area (Å²) in [5.74, 6) is 1.70. The van der Waals surface area contributed by atoms with Crippen LogP contribution in [0.15, 0.2) is 0 Å². The Morgan fingerprint density at radius 1 is 1.25 bits per heavy atom. The zero-order valence-corrected chi connectivity index (χ0v) is 13.8. The van der Waals surface area contributed by atoms with Crippen LogP contribution < -0.4 is 5.73 Å². The lowest BCUT2D eigenvalue weighted by atomic mass is 9.87. The Hall–Kier alpha value is -0.280. The van der Waals surface area contributed by atoms with Crippen molar-refractivity contribution in [3.63, 3.8) is 0 Å². The number of hydrogen-bond acceptors (Lipinski definition) is 2. The molecule has 0 radical (unpaired) electrons. The highest BCUT2D eigenvalue weighted by molar-refractivity contribution is 5.85. The highest BCUT2D eigenvalue weighted by atomic mass is 35.5. The number of halogens is 1. The summed E-state index contributed by atoms with van der Waals surface area (Å²) in [5, 5.41) is 0. The summed E-state index contributed by atoms with van der Waals surface area (Å²) in [7, 11) is 0. The van der Waals surface area contributed by atoms with Crippen LogP contribution in [0.1, 0.15) is 58.8 Å². The molecule has 3 nitrogen and oxygen atoms in total. The van der Waals surface area contributed by atoms with Crippen LogP contribution in [0.2, 0.25) is 0 Å². The first-order valence-electron chi connectivity index (χ1n) is 8.19. The molecular formula is C16H31ClN2O. The summed E-state index contributed by atoms with van der Waals surface area (Å²) in [6.07, 6.45) is 8.21. The van der Waals surface area contributed by atoms with Gasteiger partial charge in [0.05, 0.1) is 0 Å². The molecule has 1 saturated carbocycles. The minimum absolute atomic E-state index is 0. The average Bonchev–Trinajstić information content (AvgIpc) is 2.94. The van der Waals surface area contributed by atoms with E-state index in [1.807, 2.05) is 0 Å². The lowest BCUT2D eigenvalue weighted by molar-refractivity contribution is -0.141. The van der Waals surface area contributed by atoms with Crippen molar-refractivity contribution in [3.8, 4) is 0 Å². The lowest BCUT2D eigenvalue weighted by Gasteiger charge is -2.41. The van der Waals surface area contributed by atoms with E-state index < -0.39 is 0 Å². The molecule has 2 rings (SSSR count). The van der Waals surface area contributed by atoms with Gasteiger partial charge in [0.2, 0.25) is 5.91 Å². The van der Waals surface area contributed by atoms with E-state index in [4.69, 9.17) is 5.73 Å². The highest BCUT2D eigenvalue weighted by Crippen LogP contribution is 2.35. The zero-order valence-electron chi connectivity index (χ0n) is 13.0. The fourth-order valence-corrected chi connectivity index (χ4v) is 3.95. The molecule has 1 heterocycles. The Labute approximate surface area is 130 Å². The summed E-state index contributed by atoms with van der Waals surface area (Å²) in [6, 6.07) is 0.477. The van der Waals surface area contributed by atoms with Crippen molar-refractivity contribution in [2.75, 3.05) is 13.1 Å². The third kappa shape index (κ3) is 3.67. The maximum absolute atomic E-state index is 12.9. The number of carbonyl (C=O) groups is 1.